The molecule has 0 bridgehead atoms. The minimum absolute atomic E-state index is 0.429. The van der Waals surface area contributed by atoms with E-state index in [9.17, 15) is 4.79 Å². The van der Waals surface area contributed by atoms with Crippen LogP contribution < -0.4 is 5.32 Å². The zero-order valence-corrected chi connectivity index (χ0v) is 11.0. The van der Waals surface area contributed by atoms with Crippen LogP contribution in [0.1, 0.15) is 46.0 Å². The van der Waals surface area contributed by atoms with Crippen molar-refractivity contribution in [2.45, 2.75) is 52.1 Å². The summed E-state index contributed by atoms with van der Waals surface area (Å²) in [6.45, 7) is 5.35. The lowest BCUT2D eigenvalue weighted by Crippen LogP contribution is -2.37. The highest BCUT2D eigenvalue weighted by Gasteiger charge is 2.26. The fraction of sp³-hybridized carbons (Fsp3) is 0.923. The minimum Gasteiger partial charge on any atom is -0.481 e. The van der Waals surface area contributed by atoms with Crippen LogP contribution >= 0.6 is 0 Å². The number of hydrogen-bond donors (Lipinski definition) is 2. The van der Waals surface area contributed by atoms with E-state index in [4.69, 9.17) is 9.84 Å². The van der Waals surface area contributed by atoms with Crippen LogP contribution in [0, 0.1) is 5.41 Å². The molecular weight excluding hydrogens is 218 g/mol. The summed E-state index contributed by atoms with van der Waals surface area (Å²) < 4.78 is 5.75. The highest BCUT2D eigenvalue weighted by molar-refractivity contribution is 5.73. The van der Waals surface area contributed by atoms with Gasteiger partial charge in [0.25, 0.3) is 0 Å². The van der Waals surface area contributed by atoms with Gasteiger partial charge in [-0.05, 0) is 26.7 Å². The normalized spacial score (nSPS) is 18.2. The quantitative estimate of drug-likeness (QED) is 0.672. The van der Waals surface area contributed by atoms with Gasteiger partial charge < -0.3 is 15.2 Å². The van der Waals surface area contributed by atoms with Gasteiger partial charge in [0.15, 0.2) is 0 Å². The van der Waals surface area contributed by atoms with E-state index >= 15 is 0 Å². The van der Waals surface area contributed by atoms with Crippen molar-refractivity contribution in [3.8, 4) is 0 Å². The number of carbonyl (C=O) groups is 1. The third-order valence-corrected chi connectivity index (χ3v) is 3.33. The summed E-state index contributed by atoms with van der Waals surface area (Å²) >= 11 is 0. The maximum atomic E-state index is 10.9. The summed E-state index contributed by atoms with van der Waals surface area (Å²) in [5, 5.41) is 12.1. The zero-order valence-electron chi connectivity index (χ0n) is 11.0. The molecule has 1 aliphatic carbocycles. The van der Waals surface area contributed by atoms with Crippen LogP contribution in [0.2, 0.25) is 0 Å². The highest BCUT2D eigenvalue weighted by Crippen LogP contribution is 2.19. The molecule has 0 aliphatic heterocycles. The summed E-state index contributed by atoms with van der Waals surface area (Å²) in [6, 6.07) is 0. The van der Waals surface area contributed by atoms with Gasteiger partial charge in [0.2, 0.25) is 0 Å². The van der Waals surface area contributed by atoms with Crippen molar-refractivity contribution in [1.29, 1.82) is 0 Å². The van der Waals surface area contributed by atoms with Gasteiger partial charge in [0, 0.05) is 13.1 Å². The van der Waals surface area contributed by atoms with E-state index in [-0.39, 0.29) is 0 Å². The average Bonchev–Trinajstić information content (AvgIpc) is 2.29. The molecule has 4 heteroatoms. The molecule has 0 radical (unpaired) electrons. The van der Waals surface area contributed by atoms with Crippen molar-refractivity contribution < 1.29 is 14.6 Å². The highest BCUT2D eigenvalue weighted by atomic mass is 16.5. The number of carboxylic acid groups (broad SMARTS) is 1. The smallest absolute Gasteiger partial charge is 0.310 e. The van der Waals surface area contributed by atoms with Crippen LogP contribution in [-0.4, -0.2) is 36.9 Å². The van der Waals surface area contributed by atoms with E-state index in [0.717, 1.165) is 6.54 Å². The van der Waals surface area contributed by atoms with Crippen molar-refractivity contribution in [2.75, 3.05) is 19.7 Å². The monoisotopic (exact) mass is 243 g/mol. The van der Waals surface area contributed by atoms with Crippen molar-refractivity contribution in [2.24, 2.45) is 5.41 Å². The molecule has 100 valence electrons. The first-order chi connectivity index (χ1) is 8.02. The standard InChI is InChI=1S/C13H25NO3/c1-13(2,12(15)16)10-14-8-9-17-11-6-4-3-5-7-11/h11,14H,3-10H2,1-2H3,(H,15,16). The second-order valence-electron chi connectivity index (χ2n) is 5.50. The van der Waals surface area contributed by atoms with Crippen LogP contribution in [-0.2, 0) is 9.53 Å². The molecule has 0 aromatic rings. The first-order valence-electron chi connectivity index (χ1n) is 6.58. The topological polar surface area (TPSA) is 58.6 Å². The number of nitrogens with one attached hydrogen (secondary N) is 1. The van der Waals surface area contributed by atoms with E-state index in [2.05, 4.69) is 5.32 Å². The van der Waals surface area contributed by atoms with E-state index in [0.29, 0.717) is 19.3 Å². The lowest BCUT2D eigenvalue weighted by molar-refractivity contribution is -0.146. The van der Waals surface area contributed by atoms with Crippen molar-refractivity contribution in [1.82, 2.24) is 5.32 Å². The fourth-order valence-corrected chi connectivity index (χ4v) is 2.01. The minimum atomic E-state index is -0.766. The van der Waals surface area contributed by atoms with Gasteiger partial charge in [-0.3, -0.25) is 4.79 Å². The summed E-state index contributed by atoms with van der Waals surface area (Å²) in [4.78, 5) is 10.9. The Bertz CT molecular complexity index is 235. The average molecular weight is 243 g/mol. The van der Waals surface area contributed by atoms with Crippen LogP contribution in [0.3, 0.4) is 0 Å². The Labute approximate surface area is 104 Å². The van der Waals surface area contributed by atoms with Gasteiger partial charge >= 0.3 is 5.97 Å². The molecule has 4 nitrogen and oxygen atoms in total. The lowest BCUT2D eigenvalue weighted by Gasteiger charge is -2.23. The Kier molecular flexibility index (Phi) is 5.92. The summed E-state index contributed by atoms with van der Waals surface area (Å²) in [7, 11) is 0. The number of aliphatic carboxylic acids is 1. The number of carboxylic acids is 1. The van der Waals surface area contributed by atoms with E-state index < -0.39 is 11.4 Å². The predicted octanol–water partition coefficient (Wildman–Crippen LogP) is 2.04. The molecule has 1 saturated carbocycles. The SMILES string of the molecule is CC(C)(CNCCOC1CCCCC1)C(=O)O. The largest absolute Gasteiger partial charge is 0.481 e. The molecule has 1 rings (SSSR count). The van der Waals surface area contributed by atoms with Crippen LogP contribution in [0.25, 0.3) is 0 Å². The lowest BCUT2D eigenvalue weighted by atomic mass is 9.94. The maximum Gasteiger partial charge on any atom is 0.310 e. The molecule has 1 aliphatic rings. The first-order valence-corrected chi connectivity index (χ1v) is 6.58. The van der Waals surface area contributed by atoms with Crippen molar-refractivity contribution in [3.05, 3.63) is 0 Å². The predicted molar refractivity (Wildman–Crippen MR) is 67.1 cm³/mol. The molecular formula is C13H25NO3. The third-order valence-electron chi connectivity index (χ3n) is 3.33. The van der Waals surface area contributed by atoms with E-state index in [1.807, 2.05) is 0 Å². The maximum absolute atomic E-state index is 10.9. The zero-order chi connectivity index (χ0) is 12.7. The van der Waals surface area contributed by atoms with E-state index in [1.54, 1.807) is 13.8 Å². The molecule has 0 atom stereocenters. The van der Waals surface area contributed by atoms with Gasteiger partial charge in [0.05, 0.1) is 18.1 Å². The molecule has 0 amide bonds. The van der Waals surface area contributed by atoms with Gasteiger partial charge in [-0.15, -0.1) is 0 Å². The third kappa shape index (κ3) is 5.50. The van der Waals surface area contributed by atoms with Gasteiger partial charge in [-0.2, -0.15) is 0 Å². The molecule has 0 heterocycles. The summed E-state index contributed by atoms with van der Waals surface area (Å²) in [5.74, 6) is -0.766. The van der Waals surface area contributed by atoms with Crippen molar-refractivity contribution >= 4 is 5.97 Å². The van der Waals surface area contributed by atoms with Crippen LogP contribution in [0.5, 0.6) is 0 Å². The summed E-state index contributed by atoms with van der Waals surface area (Å²) in [6.07, 6.45) is 6.69. The molecule has 0 spiro atoms. The Hall–Kier alpha value is -0.610. The van der Waals surface area contributed by atoms with Crippen LogP contribution in [0.4, 0.5) is 0 Å². The molecule has 0 saturated heterocycles. The van der Waals surface area contributed by atoms with Crippen molar-refractivity contribution in [3.63, 3.8) is 0 Å². The number of hydrogen-bond acceptors (Lipinski definition) is 3. The second-order valence-corrected chi connectivity index (χ2v) is 5.50. The number of ether oxygens (including phenoxy) is 1. The summed E-state index contributed by atoms with van der Waals surface area (Å²) in [5.41, 5.74) is -0.704. The Morgan fingerprint density at radius 1 is 1.35 bits per heavy atom. The molecule has 0 unspecified atom stereocenters. The molecule has 2 N–H and O–H groups in total. The number of rotatable bonds is 7. The van der Waals surface area contributed by atoms with Crippen LogP contribution in [0.15, 0.2) is 0 Å². The molecule has 0 aromatic heterocycles. The van der Waals surface area contributed by atoms with Gasteiger partial charge in [-0.25, -0.2) is 0 Å². The first kappa shape index (κ1) is 14.5. The second kappa shape index (κ2) is 6.97. The molecule has 0 aromatic carbocycles. The van der Waals surface area contributed by atoms with Gasteiger partial charge in [0.1, 0.15) is 0 Å². The molecule has 17 heavy (non-hydrogen) atoms. The Balaban J connectivity index is 2.02. The van der Waals surface area contributed by atoms with Gasteiger partial charge in [-0.1, -0.05) is 19.3 Å². The Morgan fingerprint density at radius 2 is 2.00 bits per heavy atom. The van der Waals surface area contributed by atoms with E-state index in [1.165, 1.54) is 32.1 Å². The fourth-order valence-electron chi connectivity index (χ4n) is 2.01. The Morgan fingerprint density at radius 3 is 2.59 bits per heavy atom. The molecule has 1 fully saturated rings.